The smallest absolute Gasteiger partial charge is 0.416 e. The molecule has 4 heteroatoms. The van der Waals surface area contributed by atoms with Gasteiger partial charge in [0, 0.05) is 5.56 Å². The van der Waals surface area contributed by atoms with Gasteiger partial charge in [0.25, 0.3) is 0 Å². The van der Waals surface area contributed by atoms with Crippen LogP contribution >= 0.6 is 0 Å². The Balaban J connectivity index is 2.94. The second-order valence-electron chi connectivity index (χ2n) is 3.16. The lowest BCUT2D eigenvalue weighted by Gasteiger charge is -2.10. The van der Waals surface area contributed by atoms with E-state index < -0.39 is 11.7 Å². The highest BCUT2D eigenvalue weighted by Crippen LogP contribution is 2.30. The summed E-state index contributed by atoms with van der Waals surface area (Å²) in [6, 6.07) is 4.93. The van der Waals surface area contributed by atoms with Gasteiger partial charge in [0.2, 0.25) is 0 Å². The highest BCUT2D eigenvalue weighted by molar-refractivity contribution is 5.59. The molecule has 0 aliphatic rings. The van der Waals surface area contributed by atoms with Crippen molar-refractivity contribution in [2.75, 3.05) is 6.61 Å². The first kappa shape index (κ1) is 12.6. The van der Waals surface area contributed by atoms with Crippen molar-refractivity contribution < 1.29 is 17.9 Å². The van der Waals surface area contributed by atoms with Gasteiger partial charge in [-0.3, -0.25) is 0 Å². The summed E-state index contributed by atoms with van der Waals surface area (Å²) in [5, 5.41) is 0. The molecule has 0 amide bonds. The summed E-state index contributed by atoms with van der Waals surface area (Å²) in [4.78, 5) is 0. The van der Waals surface area contributed by atoms with Crippen molar-refractivity contribution in [3.8, 4) is 0 Å². The number of alkyl halides is 3. The van der Waals surface area contributed by atoms with Gasteiger partial charge >= 0.3 is 6.18 Å². The van der Waals surface area contributed by atoms with Crippen LogP contribution < -0.4 is 0 Å². The summed E-state index contributed by atoms with van der Waals surface area (Å²) in [5.74, 6) is 0.594. The predicted octanol–water partition coefficient (Wildman–Crippen LogP) is 4.10. The highest BCUT2D eigenvalue weighted by atomic mass is 19.4. The maximum atomic E-state index is 12.3. The molecule has 0 N–H and O–H groups in total. The molecule has 0 heterocycles. The molecule has 88 valence electrons. The van der Waals surface area contributed by atoms with E-state index in [9.17, 15) is 13.2 Å². The van der Waals surface area contributed by atoms with Gasteiger partial charge in [-0.05, 0) is 32.1 Å². The van der Waals surface area contributed by atoms with Gasteiger partial charge in [-0.15, -0.1) is 0 Å². The van der Waals surface area contributed by atoms with E-state index in [0.29, 0.717) is 17.9 Å². The van der Waals surface area contributed by atoms with E-state index in [0.717, 1.165) is 12.1 Å². The number of allylic oxidation sites excluding steroid dienone is 1. The van der Waals surface area contributed by atoms with Gasteiger partial charge in [-0.1, -0.05) is 12.1 Å². The predicted molar refractivity (Wildman–Crippen MR) is 56.7 cm³/mol. The molecule has 0 bridgehead atoms. The SMILES string of the molecule is CC=C(OCC)c1ccc(C(F)(F)F)cc1. The monoisotopic (exact) mass is 230 g/mol. The van der Waals surface area contributed by atoms with Crippen LogP contribution in [0.1, 0.15) is 25.0 Å². The van der Waals surface area contributed by atoms with E-state index >= 15 is 0 Å². The Kier molecular flexibility index (Phi) is 3.99. The quantitative estimate of drug-likeness (QED) is 0.710. The minimum absolute atomic E-state index is 0.487. The Hall–Kier alpha value is -1.45. The number of hydrogen-bond donors (Lipinski definition) is 0. The Morgan fingerprint density at radius 3 is 2.19 bits per heavy atom. The third kappa shape index (κ3) is 3.02. The molecular formula is C12H13F3O. The molecule has 0 atom stereocenters. The van der Waals surface area contributed by atoms with Gasteiger partial charge in [-0.25, -0.2) is 0 Å². The molecule has 0 unspecified atom stereocenters. The van der Waals surface area contributed by atoms with Crippen LogP contribution in [-0.2, 0) is 10.9 Å². The zero-order valence-electron chi connectivity index (χ0n) is 9.14. The fourth-order valence-electron chi connectivity index (χ4n) is 1.31. The zero-order chi connectivity index (χ0) is 12.2. The topological polar surface area (TPSA) is 9.23 Å². The van der Waals surface area contributed by atoms with E-state index in [-0.39, 0.29) is 0 Å². The van der Waals surface area contributed by atoms with Crippen LogP contribution in [0.15, 0.2) is 30.3 Å². The molecular weight excluding hydrogens is 217 g/mol. The van der Waals surface area contributed by atoms with Gasteiger partial charge in [-0.2, -0.15) is 13.2 Å². The van der Waals surface area contributed by atoms with E-state index in [1.165, 1.54) is 12.1 Å². The van der Waals surface area contributed by atoms with E-state index in [2.05, 4.69) is 0 Å². The Labute approximate surface area is 92.5 Å². The summed E-state index contributed by atoms with van der Waals surface area (Å²) in [7, 11) is 0. The molecule has 0 fully saturated rings. The van der Waals surface area contributed by atoms with Crippen LogP contribution in [0, 0.1) is 0 Å². The summed E-state index contributed by atoms with van der Waals surface area (Å²) in [6.45, 7) is 4.09. The molecule has 16 heavy (non-hydrogen) atoms. The van der Waals surface area contributed by atoms with E-state index in [1.54, 1.807) is 13.0 Å². The molecule has 1 rings (SSSR count). The van der Waals surface area contributed by atoms with Crippen molar-refractivity contribution in [1.82, 2.24) is 0 Å². The van der Waals surface area contributed by atoms with Crippen molar-refractivity contribution in [3.05, 3.63) is 41.5 Å². The van der Waals surface area contributed by atoms with Crippen LogP contribution in [0.5, 0.6) is 0 Å². The standard InChI is InChI=1S/C12H13F3O/c1-3-11(16-4-2)9-5-7-10(8-6-9)12(13,14)15/h3,5-8H,4H2,1-2H3. The molecule has 0 aliphatic heterocycles. The van der Waals surface area contributed by atoms with Crippen molar-refractivity contribution in [3.63, 3.8) is 0 Å². The molecule has 0 radical (unpaired) electrons. The molecule has 0 spiro atoms. The lowest BCUT2D eigenvalue weighted by atomic mass is 10.1. The summed E-state index contributed by atoms with van der Waals surface area (Å²) in [5.41, 5.74) is 0.000511. The van der Waals surface area contributed by atoms with Crippen LogP contribution in [0.3, 0.4) is 0 Å². The van der Waals surface area contributed by atoms with E-state index in [1.807, 2.05) is 6.92 Å². The van der Waals surface area contributed by atoms with Gasteiger partial charge < -0.3 is 4.74 Å². The number of hydrogen-bond acceptors (Lipinski definition) is 1. The average molecular weight is 230 g/mol. The number of halogens is 3. The first-order chi connectivity index (χ1) is 7.49. The fraction of sp³-hybridized carbons (Fsp3) is 0.333. The number of ether oxygens (including phenoxy) is 1. The molecule has 0 aliphatic carbocycles. The normalized spacial score (nSPS) is 12.7. The van der Waals surface area contributed by atoms with Gasteiger partial charge in [0.15, 0.2) is 0 Å². The van der Waals surface area contributed by atoms with Crippen molar-refractivity contribution >= 4 is 5.76 Å². The van der Waals surface area contributed by atoms with Gasteiger partial charge in [0.1, 0.15) is 5.76 Å². The third-order valence-corrected chi connectivity index (χ3v) is 2.06. The zero-order valence-corrected chi connectivity index (χ0v) is 9.14. The molecule has 0 aromatic heterocycles. The summed E-state index contributed by atoms with van der Waals surface area (Å²) in [6.07, 6.45) is -2.56. The molecule has 0 saturated carbocycles. The van der Waals surface area contributed by atoms with Crippen LogP contribution in [0.2, 0.25) is 0 Å². The first-order valence-corrected chi connectivity index (χ1v) is 4.95. The second kappa shape index (κ2) is 5.05. The van der Waals surface area contributed by atoms with Crippen molar-refractivity contribution in [2.45, 2.75) is 20.0 Å². The molecule has 1 nitrogen and oxygen atoms in total. The lowest BCUT2D eigenvalue weighted by Crippen LogP contribution is -2.04. The third-order valence-electron chi connectivity index (χ3n) is 2.06. The maximum absolute atomic E-state index is 12.3. The molecule has 0 saturated heterocycles. The minimum atomic E-state index is -4.29. The molecule has 1 aromatic carbocycles. The maximum Gasteiger partial charge on any atom is 0.416 e. The number of benzene rings is 1. The van der Waals surface area contributed by atoms with Crippen molar-refractivity contribution in [1.29, 1.82) is 0 Å². The largest absolute Gasteiger partial charge is 0.494 e. The Bertz CT molecular complexity index is 363. The van der Waals surface area contributed by atoms with Crippen LogP contribution in [0.4, 0.5) is 13.2 Å². The number of rotatable bonds is 3. The lowest BCUT2D eigenvalue weighted by molar-refractivity contribution is -0.137. The highest BCUT2D eigenvalue weighted by Gasteiger charge is 2.30. The fourth-order valence-corrected chi connectivity index (χ4v) is 1.31. The molecule has 1 aromatic rings. The average Bonchev–Trinajstić information content (AvgIpc) is 2.25. The van der Waals surface area contributed by atoms with Crippen molar-refractivity contribution in [2.24, 2.45) is 0 Å². The first-order valence-electron chi connectivity index (χ1n) is 4.95. The summed E-state index contributed by atoms with van der Waals surface area (Å²) < 4.78 is 42.2. The second-order valence-corrected chi connectivity index (χ2v) is 3.16. The Morgan fingerprint density at radius 1 is 1.25 bits per heavy atom. The van der Waals surface area contributed by atoms with Gasteiger partial charge in [0.05, 0.1) is 12.2 Å². The van der Waals surface area contributed by atoms with Crippen LogP contribution in [-0.4, -0.2) is 6.61 Å². The van der Waals surface area contributed by atoms with E-state index in [4.69, 9.17) is 4.74 Å². The van der Waals surface area contributed by atoms with Crippen LogP contribution in [0.25, 0.3) is 5.76 Å². The Morgan fingerprint density at radius 2 is 1.81 bits per heavy atom. The minimum Gasteiger partial charge on any atom is -0.494 e. The summed E-state index contributed by atoms with van der Waals surface area (Å²) >= 11 is 0.